The maximum Gasteiger partial charge on any atom is 0.0745 e. The zero-order valence-electron chi connectivity index (χ0n) is 5.84. The predicted octanol–water partition coefficient (Wildman–Crippen LogP) is -0.267. The third kappa shape index (κ3) is 7.88. The van der Waals surface area contributed by atoms with Crippen LogP contribution in [0, 0.1) is 0 Å². The van der Waals surface area contributed by atoms with Gasteiger partial charge in [-0.25, -0.2) is 0 Å². The fourth-order valence-electron chi connectivity index (χ4n) is 0.439. The van der Waals surface area contributed by atoms with Crippen molar-refractivity contribution in [1.29, 1.82) is 0 Å². The highest BCUT2D eigenvalue weighted by atomic mass is 16.5. The Morgan fingerprint density at radius 3 is 2.78 bits per heavy atom. The smallest absolute Gasteiger partial charge is 0.0745 e. The van der Waals surface area contributed by atoms with Gasteiger partial charge in [-0.15, -0.1) is 0 Å². The van der Waals surface area contributed by atoms with Gasteiger partial charge in [0.1, 0.15) is 0 Å². The molecule has 0 aromatic heterocycles. The molecule has 0 spiro atoms. The van der Waals surface area contributed by atoms with E-state index in [0.717, 1.165) is 6.42 Å². The van der Waals surface area contributed by atoms with Gasteiger partial charge in [-0.2, -0.15) is 0 Å². The van der Waals surface area contributed by atoms with Gasteiger partial charge in [0.05, 0.1) is 12.7 Å². The first-order valence-corrected chi connectivity index (χ1v) is 3.23. The molecule has 3 N–H and O–H groups in total. The number of aliphatic hydroxyl groups excluding tert-OH is 1. The summed E-state index contributed by atoms with van der Waals surface area (Å²) in [5.74, 6) is 0. The summed E-state index contributed by atoms with van der Waals surface area (Å²) in [5.41, 5.74) is 5.20. The van der Waals surface area contributed by atoms with Gasteiger partial charge in [0.2, 0.25) is 0 Å². The lowest BCUT2D eigenvalue weighted by Crippen LogP contribution is -2.12. The summed E-state index contributed by atoms with van der Waals surface area (Å²) in [4.78, 5) is 0. The minimum Gasteiger partial charge on any atom is -0.391 e. The van der Waals surface area contributed by atoms with Gasteiger partial charge in [-0.05, 0) is 19.9 Å². The lowest BCUT2D eigenvalue weighted by atomic mass is 10.4. The minimum absolute atomic E-state index is 0.359. The van der Waals surface area contributed by atoms with Crippen LogP contribution in [-0.4, -0.2) is 31.0 Å². The Kier molecular flexibility index (Phi) is 5.93. The van der Waals surface area contributed by atoms with E-state index in [2.05, 4.69) is 0 Å². The molecule has 0 radical (unpaired) electrons. The second-order valence-electron chi connectivity index (χ2n) is 2.07. The number of ether oxygens (including phenoxy) is 1. The van der Waals surface area contributed by atoms with Crippen LogP contribution in [0.3, 0.4) is 0 Å². The summed E-state index contributed by atoms with van der Waals surface area (Å²) >= 11 is 0. The number of aliphatic hydroxyl groups is 1. The number of nitrogens with two attached hydrogens (primary N) is 1. The second-order valence-corrected chi connectivity index (χ2v) is 2.07. The molecule has 0 aliphatic carbocycles. The average Bonchev–Trinajstić information content (AvgIpc) is 1.80. The van der Waals surface area contributed by atoms with E-state index in [1.807, 2.05) is 0 Å². The molecule has 0 saturated carbocycles. The Hall–Kier alpha value is -0.120. The Morgan fingerprint density at radius 1 is 1.67 bits per heavy atom. The van der Waals surface area contributed by atoms with Crippen molar-refractivity contribution >= 4 is 0 Å². The molecule has 0 rings (SSSR count). The Labute approximate surface area is 55.8 Å². The average molecular weight is 133 g/mol. The monoisotopic (exact) mass is 133 g/mol. The molecule has 0 aromatic carbocycles. The van der Waals surface area contributed by atoms with E-state index in [0.29, 0.717) is 19.8 Å². The molecule has 0 amide bonds. The van der Waals surface area contributed by atoms with Crippen molar-refractivity contribution in [3.63, 3.8) is 0 Å². The molecule has 1 atom stereocenters. The van der Waals surface area contributed by atoms with Gasteiger partial charge in [-0.3, -0.25) is 0 Å². The topological polar surface area (TPSA) is 55.5 Å². The lowest BCUT2D eigenvalue weighted by Gasteiger charge is -2.03. The first kappa shape index (κ1) is 8.88. The molecule has 3 heteroatoms. The van der Waals surface area contributed by atoms with E-state index in [1.54, 1.807) is 6.92 Å². The molecule has 0 aromatic rings. The molecule has 0 heterocycles. The van der Waals surface area contributed by atoms with Crippen LogP contribution in [0.2, 0.25) is 0 Å². The predicted molar refractivity (Wildman–Crippen MR) is 36.2 cm³/mol. The second kappa shape index (κ2) is 6.01. The van der Waals surface area contributed by atoms with Gasteiger partial charge in [0.25, 0.3) is 0 Å². The molecule has 3 nitrogen and oxygen atoms in total. The highest BCUT2D eigenvalue weighted by Gasteiger charge is 1.92. The molecule has 1 unspecified atom stereocenters. The van der Waals surface area contributed by atoms with Gasteiger partial charge in [-0.1, -0.05) is 0 Å². The standard InChI is InChI=1S/C6H15NO2/c1-6(8)5-9-4-2-3-7/h6,8H,2-5,7H2,1H3. The van der Waals surface area contributed by atoms with Crippen LogP contribution in [0.4, 0.5) is 0 Å². The van der Waals surface area contributed by atoms with Crippen molar-refractivity contribution in [3.05, 3.63) is 0 Å². The zero-order chi connectivity index (χ0) is 7.11. The Bertz CT molecular complexity index is 57.0. The molecule has 0 aliphatic rings. The molecule has 9 heavy (non-hydrogen) atoms. The summed E-state index contributed by atoms with van der Waals surface area (Å²) in [5, 5.41) is 8.70. The SMILES string of the molecule is CC(O)COCCCN. The third-order valence-corrected chi connectivity index (χ3v) is 0.852. The number of hydrogen-bond acceptors (Lipinski definition) is 3. The van der Waals surface area contributed by atoms with E-state index in [1.165, 1.54) is 0 Å². The molecule has 0 aliphatic heterocycles. The largest absolute Gasteiger partial charge is 0.391 e. The number of rotatable bonds is 5. The zero-order valence-corrected chi connectivity index (χ0v) is 5.84. The van der Waals surface area contributed by atoms with E-state index < -0.39 is 0 Å². The normalized spacial score (nSPS) is 13.7. The van der Waals surface area contributed by atoms with Gasteiger partial charge in [0.15, 0.2) is 0 Å². The van der Waals surface area contributed by atoms with Crippen molar-refractivity contribution in [2.24, 2.45) is 5.73 Å². The molecule has 0 saturated heterocycles. The summed E-state index contributed by atoms with van der Waals surface area (Å²) in [6.07, 6.45) is 0.509. The fraction of sp³-hybridized carbons (Fsp3) is 1.00. The Balaban J connectivity index is 2.75. The van der Waals surface area contributed by atoms with Gasteiger partial charge in [0, 0.05) is 6.61 Å². The lowest BCUT2D eigenvalue weighted by molar-refractivity contribution is 0.0459. The van der Waals surface area contributed by atoms with Crippen molar-refractivity contribution in [2.45, 2.75) is 19.4 Å². The Morgan fingerprint density at radius 2 is 2.33 bits per heavy atom. The van der Waals surface area contributed by atoms with Crippen molar-refractivity contribution in [3.8, 4) is 0 Å². The van der Waals surface area contributed by atoms with Crippen molar-refractivity contribution < 1.29 is 9.84 Å². The molecule has 0 fully saturated rings. The van der Waals surface area contributed by atoms with Crippen LogP contribution >= 0.6 is 0 Å². The minimum atomic E-state index is -0.359. The summed E-state index contributed by atoms with van der Waals surface area (Å²) in [7, 11) is 0. The van der Waals surface area contributed by atoms with E-state index in [-0.39, 0.29) is 6.10 Å². The van der Waals surface area contributed by atoms with Crippen LogP contribution in [-0.2, 0) is 4.74 Å². The van der Waals surface area contributed by atoms with Crippen molar-refractivity contribution in [1.82, 2.24) is 0 Å². The summed E-state index contributed by atoms with van der Waals surface area (Å²) in [6.45, 7) is 3.42. The van der Waals surface area contributed by atoms with Crippen LogP contribution < -0.4 is 5.73 Å². The highest BCUT2D eigenvalue weighted by molar-refractivity contribution is 4.42. The van der Waals surface area contributed by atoms with Crippen LogP contribution in [0.15, 0.2) is 0 Å². The maximum absolute atomic E-state index is 8.70. The van der Waals surface area contributed by atoms with E-state index >= 15 is 0 Å². The molecule has 0 bridgehead atoms. The van der Waals surface area contributed by atoms with E-state index in [9.17, 15) is 0 Å². The number of hydrogen-bond donors (Lipinski definition) is 2. The van der Waals surface area contributed by atoms with Gasteiger partial charge < -0.3 is 15.6 Å². The molecular weight excluding hydrogens is 118 g/mol. The van der Waals surface area contributed by atoms with Crippen molar-refractivity contribution in [2.75, 3.05) is 19.8 Å². The first-order chi connectivity index (χ1) is 4.27. The van der Waals surface area contributed by atoms with Gasteiger partial charge >= 0.3 is 0 Å². The third-order valence-electron chi connectivity index (χ3n) is 0.852. The maximum atomic E-state index is 8.70. The molecule has 56 valence electrons. The summed E-state index contributed by atoms with van der Waals surface area (Å²) in [6, 6.07) is 0. The van der Waals surface area contributed by atoms with Crippen LogP contribution in [0.5, 0.6) is 0 Å². The molecular formula is C6H15NO2. The highest BCUT2D eigenvalue weighted by Crippen LogP contribution is 1.83. The van der Waals surface area contributed by atoms with Crippen LogP contribution in [0.1, 0.15) is 13.3 Å². The van der Waals surface area contributed by atoms with E-state index in [4.69, 9.17) is 15.6 Å². The fourth-order valence-corrected chi connectivity index (χ4v) is 0.439. The van der Waals surface area contributed by atoms with Crippen LogP contribution in [0.25, 0.3) is 0 Å². The first-order valence-electron chi connectivity index (χ1n) is 3.23. The quantitative estimate of drug-likeness (QED) is 0.508. The summed E-state index contributed by atoms with van der Waals surface area (Å²) < 4.78 is 5.01.